The predicted molar refractivity (Wildman–Crippen MR) is 219 cm³/mol. The minimum atomic E-state index is 0.588. The van der Waals surface area contributed by atoms with E-state index in [-0.39, 0.29) is 0 Å². The van der Waals surface area contributed by atoms with Gasteiger partial charge in [-0.15, -0.1) is 0 Å². The largest absolute Gasteiger partial charge is 0.456 e. The highest BCUT2D eigenvalue weighted by atomic mass is 16.3. The molecule has 3 aromatic heterocycles. The standard InChI is InChI=1S/C49H29N3O2/c1-3-10-30(11-4-1)33-15-9-16-34(26-33)35-19-23-43-41(27-35)42-29-37(20-24-44(42)53-43)49-51-47(32-13-5-2-6-14-32)50-48(52-49)36-21-25-45-40(28-36)39-22-18-31-12-7-8-17-38(31)46(39)54-45/h1-29H. The van der Waals surface area contributed by atoms with Crippen molar-refractivity contribution in [1.82, 2.24) is 15.0 Å². The molecule has 11 aromatic rings. The Hall–Kier alpha value is -7.37. The first-order valence-corrected chi connectivity index (χ1v) is 18.0. The molecule has 0 fully saturated rings. The summed E-state index contributed by atoms with van der Waals surface area (Å²) in [5.74, 6) is 1.79. The first-order chi connectivity index (χ1) is 26.7. The summed E-state index contributed by atoms with van der Waals surface area (Å²) >= 11 is 0. The number of fused-ring (bicyclic) bond motifs is 8. The van der Waals surface area contributed by atoms with E-state index in [0.717, 1.165) is 82.5 Å². The Morgan fingerprint density at radius 2 is 0.759 bits per heavy atom. The second-order valence-electron chi connectivity index (χ2n) is 13.6. The molecule has 11 rings (SSSR count). The molecule has 0 aliphatic rings. The lowest BCUT2D eigenvalue weighted by atomic mass is 9.98. The average Bonchev–Trinajstić information content (AvgIpc) is 3.82. The Morgan fingerprint density at radius 1 is 0.278 bits per heavy atom. The zero-order valence-corrected chi connectivity index (χ0v) is 28.9. The van der Waals surface area contributed by atoms with E-state index in [2.05, 4.69) is 103 Å². The molecule has 0 aliphatic heterocycles. The van der Waals surface area contributed by atoms with Crippen molar-refractivity contribution in [2.45, 2.75) is 0 Å². The highest BCUT2D eigenvalue weighted by Gasteiger charge is 2.17. The van der Waals surface area contributed by atoms with Crippen molar-refractivity contribution in [3.05, 3.63) is 176 Å². The molecule has 5 nitrogen and oxygen atoms in total. The minimum absolute atomic E-state index is 0.588. The number of rotatable bonds is 5. The maximum absolute atomic E-state index is 6.41. The molecule has 0 aliphatic carbocycles. The highest BCUT2D eigenvalue weighted by molar-refractivity contribution is 6.15. The first-order valence-electron chi connectivity index (χ1n) is 18.0. The molecule has 0 atom stereocenters. The normalized spacial score (nSPS) is 11.7. The Labute approximate surface area is 309 Å². The van der Waals surface area contributed by atoms with E-state index in [9.17, 15) is 0 Å². The number of aromatic nitrogens is 3. The van der Waals surface area contributed by atoms with Crippen LogP contribution in [0.3, 0.4) is 0 Å². The molecule has 252 valence electrons. The van der Waals surface area contributed by atoms with Crippen molar-refractivity contribution in [3.8, 4) is 56.4 Å². The van der Waals surface area contributed by atoms with Crippen LogP contribution in [-0.4, -0.2) is 15.0 Å². The molecule has 0 N–H and O–H groups in total. The van der Waals surface area contributed by atoms with Gasteiger partial charge in [0.1, 0.15) is 22.3 Å². The van der Waals surface area contributed by atoms with Crippen LogP contribution in [0.25, 0.3) is 111 Å². The van der Waals surface area contributed by atoms with Gasteiger partial charge in [-0.1, -0.05) is 115 Å². The summed E-state index contributed by atoms with van der Waals surface area (Å²) in [6.07, 6.45) is 0. The lowest BCUT2D eigenvalue weighted by Gasteiger charge is -2.09. The van der Waals surface area contributed by atoms with Gasteiger partial charge >= 0.3 is 0 Å². The monoisotopic (exact) mass is 691 g/mol. The zero-order chi connectivity index (χ0) is 35.6. The molecule has 0 radical (unpaired) electrons. The van der Waals surface area contributed by atoms with Crippen LogP contribution in [0.5, 0.6) is 0 Å². The second kappa shape index (κ2) is 12.1. The van der Waals surface area contributed by atoms with Gasteiger partial charge in [-0.05, 0) is 88.3 Å². The van der Waals surface area contributed by atoms with Crippen LogP contribution in [0.1, 0.15) is 0 Å². The summed E-state index contributed by atoms with van der Waals surface area (Å²) in [6, 6.07) is 60.6. The minimum Gasteiger partial charge on any atom is -0.456 e. The van der Waals surface area contributed by atoms with E-state index >= 15 is 0 Å². The van der Waals surface area contributed by atoms with E-state index in [1.54, 1.807) is 0 Å². The van der Waals surface area contributed by atoms with E-state index in [1.807, 2.05) is 72.8 Å². The second-order valence-corrected chi connectivity index (χ2v) is 13.6. The summed E-state index contributed by atoms with van der Waals surface area (Å²) in [6.45, 7) is 0. The third-order valence-corrected chi connectivity index (χ3v) is 10.3. The van der Waals surface area contributed by atoms with Crippen molar-refractivity contribution in [2.75, 3.05) is 0 Å². The zero-order valence-electron chi connectivity index (χ0n) is 28.9. The van der Waals surface area contributed by atoms with E-state index in [1.165, 1.54) is 11.1 Å². The van der Waals surface area contributed by atoms with Crippen molar-refractivity contribution in [2.24, 2.45) is 0 Å². The third kappa shape index (κ3) is 5.06. The Bertz CT molecular complexity index is 3220. The fourth-order valence-corrected chi connectivity index (χ4v) is 7.60. The Morgan fingerprint density at radius 3 is 1.44 bits per heavy atom. The average molecular weight is 692 g/mol. The number of benzene rings is 8. The van der Waals surface area contributed by atoms with Gasteiger partial charge in [0.05, 0.1) is 0 Å². The molecule has 0 bridgehead atoms. The fourth-order valence-electron chi connectivity index (χ4n) is 7.60. The summed E-state index contributed by atoms with van der Waals surface area (Å²) < 4.78 is 12.8. The van der Waals surface area contributed by atoms with Crippen LogP contribution < -0.4 is 0 Å². The van der Waals surface area contributed by atoms with Gasteiger partial charge in [0.2, 0.25) is 0 Å². The van der Waals surface area contributed by atoms with Crippen LogP contribution in [0, 0.1) is 0 Å². The van der Waals surface area contributed by atoms with Crippen LogP contribution in [0.2, 0.25) is 0 Å². The Balaban J connectivity index is 1.05. The van der Waals surface area contributed by atoms with Gasteiger partial charge in [0.15, 0.2) is 17.5 Å². The maximum Gasteiger partial charge on any atom is 0.164 e. The summed E-state index contributed by atoms with van der Waals surface area (Å²) in [5, 5.41) is 6.37. The third-order valence-electron chi connectivity index (χ3n) is 10.3. The summed E-state index contributed by atoms with van der Waals surface area (Å²) in [4.78, 5) is 15.2. The molecular formula is C49H29N3O2. The van der Waals surface area contributed by atoms with Gasteiger partial charge in [-0.2, -0.15) is 0 Å². The van der Waals surface area contributed by atoms with Crippen molar-refractivity contribution in [3.63, 3.8) is 0 Å². The first kappa shape index (κ1) is 30.3. The van der Waals surface area contributed by atoms with Gasteiger partial charge in [-0.25, -0.2) is 15.0 Å². The van der Waals surface area contributed by atoms with Gasteiger partial charge in [-0.3, -0.25) is 0 Å². The molecule has 0 saturated carbocycles. The van der Waals surface area contributed by atoms with Crippen molar-refractivity contribution < 1.29 is 8.83 Å². The maximum atomic E-state index is 6.41. The molecule has 3 heterocycles. The SMILES string of the molecule is c1ccc(-c2cccc(-c3ccc4oc5ccc(-c6nc(-c7ccccc7)nc(-c7ccc8oc9c%10ccccc%10ccc9c8c7)n6)cc5c4c3)c2)cc1. The van der Waals surface area contributed by atoms with E-state index in [4.69, 9.17) is 23.8 Å². The van der Waals surface area contributed by atoms with Crippen LogP contribution in [0.15, 0.2) is 185 Å². The smallest absolute Gasteiger partial charge is 0.164 e. The molecule has 8 aromatic carbocycles. The summed E-state index contributed by atoms with van der Waals surface area (Å²) in [5.41, 5.74) is 10.7. The van der Waals surface area contributed by atoms with Crippen LogP contribution >= 0.6 is 0 Å². The summed E-state index contributed by atoms with van der Waals surface area (Å²) in [7, 11) is 0. The molecule has 5 heteroatoms. The number of furan rings is 2. The highest BCUT2D eigenvalue weighted by Crippen LogP contribution is 2.38. The number of nitrogens with zero attached hydrogens (tertiary/aromatic N) is 3. The number of hydrogen-bond donors (Lipinski definition) is 0. The van der Waals surface area contributed by atoms with Crippen molar-refractivity contribution in [1.29, 1.82) is 0 Å². The van der Waals surface area contributed by atoms with Crippen molar-refractivity contribution >= 4 is 54.6 Å². The van der Waals surface area contributed by atoms with E-state index in [0.29, 0.717) is 17.5 Å². The van der Waals surface area contributed by atoms with E-state index < -0.39 is 0 Å². The van der Waals surface area contributed by atoms with Gasteiger partial charge in [0, 0.05) is 43.6 Å². The lowest BCUT2D eigenvalue weighted by molar-refractivity contribution is 0.669. The molecule has 0 saturated heterocycles. The quantitative estimate of drug-likeness (QED) is 0.180. The predicted octanol–water partition coefficient (Wildman–Crippen LogP) is 13.2. The molecule has 0 amide bonds. The van der Waals surface area contributed by atoms with Crippen LogP contribution in [0.4, 0.5) is 0 Å². The molecular weight excluding hydrogens is 663 g/mol. The molecule has 54 heavy (non-hydrogen) atoms. The fraction of sp³-hybridized carbons (Fsp3) is 0. The topological polar surface area (TPSA) is 65.0 Å². The number of hydrogen-bond acceptors (Lipinski definition) is 5. The lowest BCUT2D eigenvalue weighted by Crippen LogP contribution is -2.00. The molecule has 0 unspecified atom stereocenters. The molecule has 0 spiro atoms. The van der Waals surface area contributed by atoms with Gasteiger partial charge in [0.25, 0.3) is 0 Å². The Kier molecular flexibility index (Phi) is 6.79. The van der Waals surface area contributed by atoms with Gasteiger partial charge < -0.3 is 8.83 Å². The van der Waals surface area contributed by atoms with Crippen LogP contribution in [-0.2, 0) is 0 Å².